The first-order valence-corrected chi connectivity index (χ1v) is 9.07. The van der Waals surface area contributed by atoms with E-state index in [9.17, 15) is 9.18 Å². The number of fused-ring (bicyclic) bond motifs is 1. The highest BCUT2D eigenvalue weighted by molar-refractivity contribution is 7.17. The van der Waals surface area contributed by atoms with Crippen LogP contribution in [-0.2, 0) is 6.54 Å². The van der Waals surface area contributed by atoms with E-state index < -0.39 is 0 Å². The summed E-state index contributed by atoms with van der Waals surface area (Å²) in [5, 5.41) is 2.51. The van der Waals surface area contributed by atoms with E-state index in [1.54, 1.807) is 12.1 Å². The van der Waals surface area contributed by atoms with Gasteiger partial charge in [0.15, 0.2) is 0 Å². The first-order chi connectivity index (χ1) is 11.7. The summed E-state index contributed by atoms with van der Waals surface area (Å²) in [6.07, 6.45) is 3.70. The molecular formula is C18H18FN3OS. The van der Waals surface area contributed by atoms with Crippen molar-refractivity contribution in [3.8, 4) is 11.1 Å². The Morgan fingerprint density at radius 3 is 2.67 bits per heavy atom. The zero-order valence-corrected chi connectivity index (χ0v) is 14.0. The molecule has 0 aliphatic carbocycles. The van der Waals surface area contributed by atoms with E-state index in [4.69, 9.17) is 0 Å². The first kappa shape index (κ1) is 15.5. The van der Waals surface area contributed by atoms with Crippen LogP contribution >= 0.6 is 11.3 Å². The summed E-state index contributed by atoms with van der Waals surface area (Å²) in [7, 11) is 0. The van der Waals surface area contributed by atoms with Crippen LogP contribution in [0.3, 0.4) is 0 Å². The Labute approximate surface area is 143 Å². The third kappa shape index (κ3) is 2.99. The minimum absolute atomic E-state index is 0.118. The van der Waals surface area contributed by atoms with Gasteiger partial charge in [0.1, 0.15) is 16.5 Å². The summed E-state index contributed by atoms with van der Waals surface area (Å²) in [5.41, 5.74) is 1.53. The van der Waals surface area contributed by atoms with Gasteiger partial charge in [0, 0.05) is 10.9 Å². The molecule has 124 valence electrons. The summed E-state index contributed by atoms with van der Waals surface area (Å²) in [4.78, 5) is 23.2. The normalized spacial score (nSPS) is 15.9. The van der Waals surface area contributed by atoms with Crippen LogP contribution in [0, 0.1) is 5.82 Å². The molecule has 0 atom stereocenters. The highest BCUT2D eigenvalue weighted by atomic mass is 32.1. The van der Waals surface area contributed by atoms with Gasteiger partial charge in [-0.15, -0.1) is 11.3 Å². The van der Waals surface area contributed by atoms with Crippen molar-refractivity contribution in [2.45, 2.75) is 25.8 Å². The zero-order valence-electron chi connectivity index (χ0n) is 13.2. The average Bonchev–Trinajstić information content (AvgIpc) is 3.01. The minimum Gasteiger partial charge on any atom is -0.309 e. The molecule has 4 rings (SSSR count). The van der Waals surface area contributed by atoms with Crippen molar-refractivity contribution < 1.29 is 4.39 Å². The van der Waals surface area contributed by atoms with Gasteiger partial charge in [-0.1, -0.05) is 18.6 Å². The molecule has 1 aliphatic rings. The molecule has 1 aromatic carbocycles. The number of nitrogens with zero attached hydrogens (tertiary/aromatic N) is 2. The molecule has 24 heavy (non-hydrogen) atoms. The van der Waals surface area contributed by atoms with Gasteiger partial charge in [0.2, 0.25) is 0 Å². The number of aromatic nitrogens is 2. The lowest BCUT2D eigenvalue weighted by Crippen LogP contribution is -2.30. The van der Waals surface area contributed by atoms with Gasteiger partial charge in [-0.3, -0.25) is 9.69 Å². The summed E-state index contributed by atoms with van der Waals surface area (Å²) < 4.78 is 13.1. The smallest absolute Gasteiger partial charge is 0.260 e. The van der Waals surface area contributed by atoms with Crippen molar-refractivity contribution in [1.82, 2.24) is 14.9 Å². The van der Waals surface area contributed by atoms with Crippen molar-refractivity contribution >= 4 is 21.6 Å². The number of thiophene rings is 1. The van der Waals surface area contributed by atoms with Crippen LogP contribution in [0.4, 0.5) is 4.39 Å². The highest BCUT2D eigenvalue weighted by Gasteiger charge is 2.16. The second-order valence-corrected chi connectivity index (χ2v) is 7.04. The summed E-state index contributed by atoms with van der Waals surface area (Å²) in [6.45, 7) is 2.81. The van der Waals surface area contributed by atoms with Crippen molar-refractivity contribution in [3.63, 3.8) is 0 Å². The Morgan fingerprint density at radius 1 is 1.17 bits per heavy atom. The lowest BCUT2D eigenvalue weighted by Gasteiger charge is -2.25. The predicted octanol–water partition coefficient (Wildman–Crippen LogP) is 3.78. The van der Waals surface area contributed by atoms with E-state index in [1.165, 1.54) is 42.7 Å². The summed E-state index contributed by atoms with van der Waals surface area (Å²) >= 11 is 1.46. The third-order valence-electron chi connectivity index (χ3n) is 4.47. The van der Waals surface area contributed by atoms with Crippen LogP contribution in [0.25, 0.3) is 21.3 Å². The quantitative estimate of drug-likeness (QED) is 0.787. The van der Waals surface area contributed by atoms with Gasteiger partial charge in [-0.2, -0.15) is 0 Å². The number of nitrogens with one attached hydrogen (secondary N) is 1. The SMILES string of the molecule is O=c1[nH]c(CN2CCCCC2)nc2scc(-c3ccc(F)cc3)c12. The Morgan fingerprint density at radius 2 is 1.92 bits per heavy atom. The van der Waals surface area contributed by atoms with Gasteiger partial charge in [-0.25, -0.2) is 9.37 Å². The van der Waals surface area contributed by atoms with Crippen molar-refractivity contribution in [2.75, 3.05) is 13.1 Å². The average molecular weight is 343 g/mol. The number of hydrogen-bond acceptors (Lipinski definition) is 4. The number of rotatable bonds is 3. The van der Waals surface area contributed by atoms with Crippen molar-refractivity contribution in [3.05, 3.63) is 51.6 Å². The standard InChI is InChI=1S/C18H18FN3OS/c19-13-6-4-12(5-7-13)14-11-24-18-16(14)17(23)20-15(21-18)10-22-8-2-1-3-9-22/h4-7,11H,1-3,8-10H2,(H,20,21,23). The minimum atomic E-state index is -0.283. The lowest BCUT2D eigenvalue weighted by atomic mass is 10.1. The number of piperidine rings is 1. The number of benzene rings is 1. The second-order valence-electron chi connectivity index (χ2n) is 6.19. The topological polar surface area (TPSA) is 49.0 Å². The number of H-pyrrole nitrogens is 1. The Bertz CT molecular complexity index is 910. The van der Waals surface area contributed by atoms with E-state index in [0.29, 0.717) is 11.9 Å². The summed E-state index contributed by atoms with van der Waals surface area (Å²) in [5.74, 6) is 0.441. The van der Waals surface area contributed by atoms with Gasteiger partial charge >= 0.3 is 0 Å². The molecule has 0 amide bonds. The molecule has 0 saturated carbocycles. The van der Waals surface area contributed by atoms with Gasteiger partial charge < -0.3 is 4.98 Å². The van der Waals surface area contributed by atoms with Crippen molar-refractivity contribution in [2.24, 2.45) is 0 Å². The molecule has 4 nitrogen and oxygen atoms in total. The number of hydrogen-bond donors (Lipinski definition) is 1. The van der Waals surface area contributed by atoms with Crippen molar-refractivity contribution in [1.29, 1.82) is 0 Å². The Kier molecular flexibility index (Phi) is 4.16. The molecule has 0 bridgehead atoms. The molecule has 0 spiro atoms. The van der Waals surface area contributed by atoms with Gasteiger partial charge in [-0.05, 0) is 43.6 Å². The molecule has 0 unspecified atom stereocenters. The molecule has 1 aliphatic heterocycles. The fraction of sp³-hybridized carbons (Fsp3) is 0.333. The fourth-order valence-corrected chi connectivity index (χ4v) is 4.21. The maximum atomic E-state index is 13.1. The van der Waals surface area contributed by atoms with Gasteiger partial charge in [0.25, 0.3) is 5.56 Å². The third-order valence-corrected chi connectivity index (χ3v) is 5.34. The number of aromatic amines is 1. The molecule has 2 aromatic heterocycles. The summed E-state index contributed by atoms with van der Waals surface area (Å²) in [6, 6.07) is 6.20. The lowest BCUT2D eigenvalue weighted by molar-refractivity contribution is 0.216. The van der Waals surface area contributed by atoms with Crippen LogP contribution in [0.2, 0.25) is 0 Å². The molecule has 3 aromatic rings. The van der Waals surface area contributed by atoms with E-state index in [2.05, 4.69) is 14.9 Å². The number of halogens is 1. The monoisotopic (exact) mass is 343 g/mol. The Balaban J connectivity index is 1.70. The predicted molar refractivity (Wildman–Crippen MR) is 94.8 cm³/mol. The molecule has 1 N–H and O–H groups in total. The molecule has 1 fully saturated rings. The number of likely N-dealkylation sites (tertiary alicyclic amines) is 1. The van der Waals surface area contributed by atoms with E-state index in [0.717, 1.165) is 34.9 Å². The van der Waals surface area contributed by atoms with Crippen LogP contribution in [0.1, 0.15) is 25.1 Å². The first-order valence-electron chi connectivity index (χ1n) is 8.19. The van der Waals surface area contributed by atoms with Crippen LogP contribution in [-0.4, -0.2) is 28.0 Å². The van der Waals surface area contributed by atoms with Crippen LogP contribution < -0.4 is 5.56 Å². The molecule has 3 heterocycles. The van der Waals surface area contributed by atoms with E-state index in [-0.39, 0.29) is 11.4 Å². The second kappa shape index (κ2) is 6.45. The zero-order chi connectivity index (χ0) is 16.5. The molecule has 6 heteroatoms. The van der Waals surface area contributed by atoms with Crippen LogP contribution in [0.5, 0.6) is 0 Å². The molecule has 1 saturated heterocycles. The maximum absolute atomic E-state index is 13.1. The largest absolute Gasteiger partial charge is 0.309 e. The van der Waals surface area contributed by atoms with E-state index >= 15 is 0 Å². The van der Waals surface area contributed by atoms with E-state index in [1.807, 2.05) is 5.38 Å². The van der Waals surface area contributed by atoms with Crippen LogP contribution in [0.15, 0.2) is 34.4 Å². The molecular weight excluding hydrogens is 325 g/mol. The Hall–Kier alpha value is -2.05. The van der Waals surface area contributed by atoms with Gasteiger partial charge in [0.05, 0.1) is 11.9 Å². The highest BCUT2D eigenvalue weighted by Crippen LogP contribution is 2.30. The fourth-order valence-electron chi connectivity index (χ4n) is 3.24. The molecule has 0 radical (unpaired) electrons. The maximum Gasteiger partial charge on any atom is 0.260 e.